The molecule has 0 bridgehead atoms. The van der Waals surface area contributed by atoms with E-state index in [1.807, 2.05) is 0 Å². The summed E-state index contributed by atoms with van der Waals surface area (Å²) >= 11 is 6.07. The minimum absolute atomic E-state index is 0.0727. The molecule has 6 heteroatoms. The van der Waals surface area contributed by atoms with E-state index in [0.717, 1.165) is 0 Å². The molecule has 0 saturated carbocycles. The lowest BCUT2D eigenvalue weighted by Gasteiger charge is -2.08. The fourth-order valence-corrected chi connectivity index (χ4v) is 1.72. The molecule has 0 spiro atoms. The van der Waals surface area contributed by atoms with Gasteiger partial charge in [-0.2, -0.15) is 8.78 Å². The lowest BCUT2D eigenvalue weighted by atomic mass is 10.2. The van der Waals surface area contributed by atoms with Crippen LogP contribution in [0.4, 0.5) is 8.78 Å². The summed E-state index contributed by atoms with van der Waals surface area (Å²) in [7, 11) is 0. The van der Waals surface area contributed by atoms with Crippen molar-refractivity contribution < 1.29 is 18.3 Å². The number of carbonyl (C=O) groups excluding carboxylic acids is 1. The summed E-state index contributed by atoms with van der Waals surface area (Å²) in [6, 6.07) is 2.85. The van der Waals surface area contributed by atoms with Gasteiger partial charge in [-0.25, -0.2) is 0 Å². The molecule has 0 aliphatic rings. The van der Waals surface area contributed by atoms with Gasteiger partial charge in [-0.1, -0.05) is 15.9 Å². The third-order valence-corrected chi connectivity index (χ3v) is 2.68. The molecular weight excluding hydrogens is 326 g/mol. The van der Waals surface area contributed by atoms with Crippen molar-refractivity contribution in [3.63, 3.8) is 0 Å². The summed E-state index contributed by atoms with van der Waals surface area (Å²) < 4.78 is 28.8. The van der Waals surface area contributed by atoms with Gasteiger partial charge in [-0.15, -0.1) is 0 Å². The van der Waals surface area contributed by atoms with Crippen molar-refractivity contribution >= 4 is 38.1 Å². The topological polar surface area (TPSA) is 26.3 Å². The third-order valence-electron chi connectivity index (χ3n) is 1.38. The summed E-state index contributed by atoms with van der Waals surface area (Å²) in [5.74, 6) is -0.0727. The van der Waals surface area contributed by atoms with Crippen molar-refractivity contribution in [3.05, 3.63) is 26.6 Å². The highest BCUT2D eigenvalue weighted by Crippen LogP contribution is 2.32. The Morgan fingerprint density at radius 2 is 2.00 bits per heavy atom. The van der Waals surface area contributed by atoms with Crippen LogP contribution in [0, 0.1) is 0 Å². The minimum atomic E-state index is -2.92. The summed E-state index contributed by atoms with van der Waals surface area (Å²) in [5, 5.41) is 0. The number of halogens is 4. The maximum Gasteiger partial charge on any atom is 0.387 e. The lowest BCUT2D eigenvalue weighted by Crippen LogP contribution is -2.03. The minimum Gasteiger partial charge on any atom is -0.434 e. The van der Waals surface area contributed by atoms with Crippen LogP contribution in [0.5, 0.6) is 5.75 Å². The Kier molecular flexibility index (Phi) is 4.00. The normalized spacial score (nSPS) is 10.4. The molecule has 1 aromatic rings. The van der Waals surface area contributed by atoms with Crippen molar-refractivity contribution in [2.24, 2.45) is 0 Å². The van der Waals surface area contributed by atoms with Crippen molar-refractivity contribution in [2.45, 2.75) is 6.61 Å². The molecule has 0 aliphatic heterocycles. The Hall–Kier alpha value is -0.490. The second kappa shape index (κ2) is 4.84. The van der Waals surface area contributed by atoms with Crippen LogP contribution in [-0.4, -0.2) is 12.9 Å². The van der Waals surface area contributed by atoms with Gasteiger partial charge in [0.1, 0.15) is 5.75 Å². The number of alkyl halides is 2. The number of benzene rings is 1. The van der Waals surface area contributed by atoms with E-state index in [9.17, 15) is 13.6 Å². The van der Waals surface area contributed by atoms with Crippen LogP contribution >= 0.6 is 31.9 Å². The van der Waals surface area contributed by atoms with E-state index >= 15 is 0 Å². The number of rotatable bonds is 3. The maximum atomic E-state index is 11.9. The van der Waals surface area contributed by atoms with Crippen LogP contribution in [0.1, 0.15) is 10.4 Å². The summed E-state index contributed by atoms with van der Waals surface area (Å²) in [6.45, 7) is -2.92. The zero-order valence-electron chi connectivity index (χ0n) is 6.64. The Morgan fingerprint density at radius 1 is 1.36 bits per heavy atom. The van der Waals surface area contributed by atoms with E-state index < -0.39 is 6.61 Å². The number of aldehydes is 1. The van der Waals surface area contributed by atoms with Gasteiger partial charge in [-0.05, 0) is 28.1 Å². The molecule has 1 rings (SSSR count). The number of carbonyl (C=O) groups is 1. The van der Waals surface area contributed by atoms with E-state index in [2.05, 4.69) is 36.6 Å². The zero-order valence-corrected chi connectivity index (χ0v) is 9.81. The van der Waals surface area contributed by atoms with Crippen LogP contribution in [-0.2, 0) is 0 Å². The molecule has 76 valence electrons. The second-order valence-corrected chi connectivity index (χ2v) is 4.01. The second-order valence-electron chi connectivity index (χ2n) is 2.30. The molecule has 14 heavy (non-hydrogen) atoms. The molecule has 0 fully saturated rings. The number of hydrogen-bond acceptors (Lipinski definition) is 2. The predicted molar refractivity (Wildman–Crippen MR) is 53.9 cm³/mol. The third kappa shape index (κ3) is 2.75. The quantitative estimate of drug-likeness (QED) is 0.792. The monoisotopic (exact) mass is 328 g/mol. The molecular formula is C8H4Br2F2O2. The Morgan fingerprint density at radius 3 is 2.50 bits per heavy atom. The average molecular weight is 330 g/mol. The van der Waals surface area contributed by atoms with Gasteiger partial charge >= 0.3 is 6.61 Å². The fourth-order valence-electron chi connectivity index (χ4n) is 0.852. The highest BCUT2D eigenvalue weighted by atomic mass is 79.9. The van der Waals surface area contributed by atoms with E-state index in [0.29, 0.717) is 10.8 Å². The molecule has 0 unspecified atom stereocenters. The first-order valence-corrected chi connectivity index (χ1v) is 5.02. The van der Waals surface area contributed by atoms with Crippen molar-refractivity contribution in [1.82, 2.24) is 0 Å². The van der Waals surface area contributed by atoms with Gasteiger partial charge in [-0.3, -0.25) is 4.79 Å². The molecule has 0 heterocycles. The van der Waals surface area contributed by atoms with Crippen molar-refractivity contribution in [3.8, 4) is 5.75 Å². The summed E-state index contributed by atoms with van der Waals surface area (Å²) in [4.78, 5) is 10.5. The maximum absolute atomic E-state index is 11.9. The molecule has 0 aliphatic carbocycles. The Balaban J connectivity index is 3.15. The predicted octanol–water partition coefficient (Wildman–Crippen LogP) is 3.63. The fraction of sp³-hybridized carbons (Fsp3) is 0.125. The summed E-state index contributed by atoms with van der Waals surface area (Å²) in [5.41, 5.74) is 0.245. The van der Waals surface area contributed by atoms with Crippen LogP contribution in [0.3, 0.4) is 0 Å². The van der Waals surface area contributed by atoms with E-state index in [4.69, 9.17) is 0 Å². The lowest BCUT2D eigenvalue weighted by molar-refractivity contribution is -0.0504. The average Bonchev–Trinajstić information content (AvgIpc) is 2.09. The Bertz CT molecular complexity index is 355. The van der Waals surface area contributed by atoms with Crippen LogP contribution in [0.2, 0.25) is 0 Å². The first kappa shape index (κ1) is 11.6. The van der Waals surface area contributed by atoms with Gasteiger partial charge in [0.15, 0.2) is 6.29 Å². The first-order valence-electron chi connectivity index (χ1n) is 3.43. The van der Waals surface area contributed by atoms with E-state index in [1.54, 1.807) is 0 Å². The molecule has 0 N–H and O–H groups in total. The van der Waals surface area contributed by atoms with Gasteiger partial charge < -0.3 is 4.74 Å². The molecule has 0 amide bonds. The molecule has 0 saturated heterocycles. The van der Waals surface area contributed by atoms with Crippen molar-refractivity contribution in [2.75, 3.05) is 0 Å². The summed E-state index contributed by atoms with van der Waals surface area (Å²) in [6.07, 6.45) is 0.549. The van der Waals surface area contributed by atoms with Gasteiger partial charge in [0.2, 0.25) is 0 Å². The SMILES string of the molecule is O=Cc1cc(Br)cc(OC(F)F)c1Br. The highest BCUT2D eigenvalue weighted by molar-refractivity contribution is 9.11. The van der Waals surface area contributed by atoms with E-state index in [-0.39, 0.29) is 15.8 Å². The zero-order chi connectivity index (χ0) is 10.7. The van der Waals surface area contributed by atoms with Gasteiger partial charge in [0.25, 0.3) is 0 Å². The van der Waals surface area contributed by atoms with Gasteiger partial charge in [0.05, 0.1) is 4.47 Å². The molecule has 0 atom stereocenters. The van der Waals surface area contributed by atoms with Crippen LogP contribution in [0.25, 0.3) is 0 Å². The molecule has 1 aromatic carbocycles. The van der Waals surface area contributed by atoms with Crippen LogP contribution < -0.4 is 4.74 Å². The molecule has 0 radical (unpaired) electrons. The molecule has 0 aromatic heterocycles. The van der Waals surface area contributed by atoms with Crippen molar-refractivity contribution in [1.29, 1.82) is 0 Å². The standard InChI is InChI=1S/C8H4Br2F2O2/c9-5-1-4(3-13)7(10)6(2-5)14-8(11)12/h1-3,8H. The Labute approximate surface area is 95.5 Å². The molecule has 2 nitrogen and oxygen atoms in total. The highest BCUT2D eigenvalue weighted by Gasteiger charge is 2.12. The number of hydrogen-bond donors (Lipinski definition) is 0. The smallest absolute Gasteiger partial charge is 0.387 e. The van der Waals surface area contributed by atoms with E-state index in [1.165, 1.54) is 12.1 Å². The largest absolute Gasteiger partial charge is 0.434 e. The number of ether oxygens (including phenoxy) is 1. The van der Waals surface area contributed by atoms with Gasteiger partial charge in [0, 0.05) is 10.0 Å². The van der Waals surface area contributed by atoms with Crippen LogP contribution in [0.15, 0.2) is 21.1 Å². The first-order chi connectivity index (χ1) is 6.54.